The zero-order valence-electron chi connectivity index (χ0n) is 18.5. The van der Waals surface area contributed by atoms with Gasteiger partial charge in [0.2, 0.25) is 0 Å². The summed E-state index contributed by atoms with van der Waals surface area (Å²) in [5.74, 6) is -0.374. The molecule has 10 nitrogen and oxygen atoms in total. The Labute approximate surface area is 196 Å². The Kier molecular flexibility index (Phi) is 8.85. The lowest BCUT2D eigenvalue weighted by molar-refractivity contribution is -0.301. The SMILES string of the molecule is COc1cc(/C=C/C(=O)OC[C@H]2O[C@@H](OCCc3ccc(O)cc3)[C@H](O)[C@@H](O)[C@@H]2O)ccc1O. The van der Waals surface area contributed by atoms with E-state index in [2.05, 4.69) is 0 Å². The molecular weight excluding hydrogens is 448 g/mol. The fraction of sp³-hybridized carbons (Fsp3) is 0.375. The summed E-state index contributed by atoms with van der Waals surface area (Å²) in [5.41, 5.74) is 1.47. The molecule has 1 fully saturated rings. The average molecular weight is 476 g/mol. The van der Waals surface area contributed by atoms with Gasteiger partial charge in [-0.25, -0.2) is 4.79 Å². The molecule has 1 saturated heterocycles. The topological polar surface area (TPSA) is 155 Å². The van der Waals surface area contributed by atoms with Crippen LogP contribution in [0.1, 0.15) is 11.1 Å². The third-order valence-corrected chi connectivity index (χ3v) is 5.28. The maximum Gasteiger partial charge on any atom is 0.330 e. The van der Waals surface area contributed by atoms with Crippen LogP contribution in [-0.4, -0.2) is 82.5 Å². The first kappa shape index (κ1) is 25.5. The molecule has 1 aliphatic heterocycles. The molecule has 0 unspecified atom stereocenters. The number of aliphatic hydroxyl groups is 3. The highest BCUT2D eigenvalue weighted by Gasteiger charge is 2.44. The van der Waals surface area contributed by atoms with E-state index in [4.69, 9.17) is 18.9 Å². The quantitative estimate of drug-likeness (QED) is 0.258. The minimum Gasteiger partial charge on any atom is -0.508 e. The van der Waals surface area contributed by atoms with Crippen LogP contribution in [-0.2, 0) is 25.4 Å². The monoisotopic (exact) mass is 476 g/mol. The number of aromatic hydroxyl groups is 2. The second kappa shape index (κ2) is 11.8. The molecule has 1 heterocycles. The van der Waals surface area contributed by atoms with Crippen molar-refractivity contribution in [1.82, 2.24) is 0 Å². The molecule has 184 valence electrons. The van der Waals surface area contributed by atoms with Crippen molar-refractivity contribution in [2.75, 3.05) is 20.3 Å². The molecule has 3 rings (SSSR count). The van der Waals surface area contributed by atoms with E-state index >= 15 is 0 Å². The number of hydrogen-bond donors (Lipinski definition) is 5. The van der Waals surface area contributed by atoms with Crippen LogP contribution in [0.4, 0.5) is 0 Å². The minimum atomic E-state index is -1.56. The van der Waals surface area contributed by atoms with Gasteiger partial charge in [0.25, 0.3) is 0 Å². The fourth-order valence-corrected chi connectivity index (χ4v) is 3.32. The van der Waals surface area contributed by atoms with Crippen molar-refractivity contribution in [1.29, 1.82) is 0 Å². The van der Waals surface area contributed by atoms with Gasteiger partial charge in [-0.1, -0.05) is 18.2 Å². The zero-order chi connectivity index (χ0) is 24.7. The Morgan fingerprint density at radius 2 is 1.76 bits per heavy atom. The molecule has 5 N–H and O–H groups in total. The number of ether oxygens (including phenoxy) is 4. The molecular formula is C24H28O10. The standard InChI is InChI=1S/C24H28O10/c1-31-18-12-15(4-8-17(18)26)5-9-20(27)33-13-19-21(28)22(29)23(30)24(34-19)32-11-10-14-2-6-16(25)7-3-14/h2-9,12,19,21-26,28-30H,10-11,13H2,1H3/b9-5+/t19-,21-,22+,23-,24-/m1/s1. The maximum atomic E-state index is 12.1. The molecule has 10 heteroatoms. The molecule has 0 spiro atoms. The Morgan fingerprint density at radius 3 is 2.47 bits per heavy atom. The summed E-state index contributed by atoms with van der Waals surface area (Å²) in [6.45, 7) is -0.245. The molecule has 1 aliphatic rings. The smallest absolute Gasteiger partial charge is 0.330 e. The Bertz CT molecular complexity index is 974. The van der Waals surface area contributed by atoms with Gasteiger partial charge in [0.1, 0.15) is 36.8 Å². The Hall–Kier alpha value is -3.15. The summed E-state index contributed by atoms with van der Waals surface area (Å²) in [6, 6.07) is 11.1. The summed E-state index contributed by atoms with van der Waals surface area (Å²) in [6.07, 6.45) is -3.85. The highest BCUT2D eigenvalue weighted by molar-refractivity contribution is 5.87. The van der Waals surface area contributed by atoms with Crippen LogP contribution in [0.3, 0.4) is 0 Å². The second-order valence-electron chi connectivity index (χ2n) is 7.70. The summed E-state index contributed by atoms with van der Waals surface area (Å²) in [4.78, 5) is 12.1. The first-order valence-electron chi connectivity index (χ1n) is 10.6. The number of benzene rings is 2. The summed E-state index contributed by atoms with van der Waals surface area (Å²) < 4.78 is 21.2. The molecule has 0 radical (unpaired) electrons. The molecule has 5 atom stereocenters. The first-order valence-corrected chi connectivity index (χ1v) is 10.6. The highest BCUT2D eigenvalue weighted by atomic mass is 16.7. The van der Waals surface area contributed by atoms with E-state index in [1.54, 1.807) is 30.3 Å². The van der Waals surface area contributed by atoms with Gasteiger partial charge in [0.15, 0.2) is 17.8 Å². The van der Waals surface area contributed by atoms with E-state index in [-0.39, 0.29) is 30.5 Å². The number of methoxy groups -OCH3 is 1. The van der Waals surface area contributed by atoms with Crippen LogP contribution in [0.2, 0.25) is 0 Å². The molecule has 0 aromatic heterocycles. The number of hydrogen-bond acceptors (Lipinski definition) is 10. The molecule has 0 aliphatic carbocycles. The molecule has 0 bridgehead atoms. The van der Waals surface area contributed by atoms with Crippen LogP contribution in [0, 0.1) is 0 Å². The van der Waals surface area contributed by atoms with Gasteiger partial charge in [-0.05, 0) is 47.9 Å². The largest absolute Gasteiger partial charge is 0.508 e. The number of phenolic OH excluding ortho intramolecular Hbond substituents is 2. The maximum absolute atomic E-state index is 12.1. The number of esters is 1. The molecule has 0 saturated carbocycles. The van der Waals surface area contributed by atoms with Gasteiger partial charge < -0.3 is 44.5 Å². The van der Waals surface area contributed by atoms with E-state index in [1.165, 1.54) is 25.3 Å². The molecule has 0 amide bonds. The van der Waals surface area contributed by atoms with Crippen LogP contribution in [0.15, 0.2) is 48.5 Å². The number of phenols is 2. The van der Waals surface area contributed by atoms with Crippen molar-refractivity contribution >= 4 is 12.0 Å². The predicted molar refractivity (Wildman–Crippen MR) is 119 cm³/mol. The number of aliphatic hydroxyl groups excluding tert-OH is 3. The predicted octanol–water partition coefficient (Wildman–Crippen LogP) is 0.730. The van der Waals surface area contributed by atoms with E-state index in [0.717, 1.165) is 11.6 Å². The van der Waals surface area contributed by atoms with Gasteiger partial charge in [-0.15, -0.1) is 0 Å². The van der Waals surface area contributed by atoms with Gasteiger partial charge in [0, 0.05) is 6.08 Å². The van der Waals surface area contributed by atoms with Crippen LogP contribution < -0.4 is 4.74 Å². The van der Waals surface area contributed by atoms with Crippen molar-refractivity contribution in [2.45, 2.75) is 37.1 Å². The van der Waals surface area contributed by atoms with Gasteiger partial charge in [-0.3, -0.25) is 0 Å². The number of rotatable bonds is 9. The van der Waals surface area contributed by atoms with Gasteiger partial charge >= 0.3 is 5.97 Å². The van der Waals surface area contributed by atoms with Gasteiger partial charge in [-0.2, -0.15) is 0 Å². The zero-order valence-corrected chi connectivity index (χ0v) is 18.5. The Balaban J connectivity index is 1.51. The average Bonchev–Trinajstić information content (AvgIpc) is 2.84. The molecule has 34 heavy (non-hydrogen) atoms. The van der Waals surface area contributed by atoms with Crippen molar-refractivity contribution in [2.24, 2.45) is 0 Å². The lowest BCUT2D eigenvalue weighted by Crippen LogP contribution is -2.59. The van der Waals surface area contributed by atoms with E-state index in [9.17, 15) is 30.3 Å². The highest BCUT2D eigenvalue weighted by Crippen LogP contribution is 2.27. The van der Waals surface area contributed by atoms with Crippen molar-refractivity contribution < 1.29 is 49.3 Å². The van der Waals surface area contributed by atoms with Crippen LogP contribution in [0.25, 0.3) is 6.08 Å². The molecule has 2 aromatic rings. The van der Waals surface area contributed by atoms with Gasteiger partial charge in [0.05, 0.1) is 13.7 Å². The minimum absolute atomic E-state index is 0.0359. The van der Waals surface area contributed by atoms with Crippen molar-refractivity contribution in [3.05, 3.63) is 59.7 Å². The number of carbonyl (C=O) groups excluding carboxylic acids is 1. The van der Waals surface area contributed by atoms with E-state index < -0.39 is 36.7 Å². The summed E-state index contributed by atoms with van der Waals surface area (Å²) in [7, 11) is 1.40. The third-order valence-electron chi connectivity index (χ3n) is 5.28. The summed E-state index contributed by atoms with van der Waals surface area (Å²) >= 11 is 0. The van der Waals surface area contributed by atoms with E-state index in [1.807, 2.05) is 0 Å². The van der Waals surface area contributed by atoms with Crippen LogP contribution >= 0.6 is 0 Å². The Morgan fingerprint density at radius 1 is 1.03 bits per heavy atom. The van der Waals surface area contributed by atoms with Crippen LogP contribution in [0.5, 0.6) is 17.2 Å². The lowest BCUT2D eigenvalue weighted by atomic mass is 9.99. The first-order chi connectivity index (χ1) is 16.3. The third kappa shape index (κ3) is 6.69. The lowest BCUT2D eigenvalue weighted by Gasteiger charge is -2.39. The summed E-state index contributed by atoms with van der Waals surface area (Å²) in [5, 5.41) is 49.5. The number of carbonyl (C=O) groups is 1. The molecule has 2 aromatic carbocycles. The van der Waals surface area contributed by atoms with Crippen molar-refractivity contribution in [3.8, 4) is 17.2 Å². The van der Waals surface area contributed by atoms with E-state index in [0.29, 0.717) is 12.0 Å². The second-order valence-corrected chi connectivity index (χ2v) is 7.70. The normalized spacial score (nSPS) is 24.8. The fourth-order valence-electron chi connectivity index (χ4n) is 3.32. The van der Waals surface area contributed by atoms with Crippen molar-refractivity contribution in [3.63, 3.8) is 0 Å².